The van der Waals surface area contributed by atoms with Crippen LogP contribution in [0.1, 0.15) is 42.9 Å². The van der Waals surface area contributed by atoms with Crippen molar-refractivity contribution in [2.24, 2.45) is 5.73 Å². The number of nitrogens with two attached hydrogens (primary N) is 1. The monoisotopic (exact) mass is 281 g/mol. The first kappa shape index (κ1) is 14.5. The molecule has 1 saturated carbocycles. The summed E-state index contributed by atoms with van der Waals surface area (Å²) < 4.78 is 17.7. The van der Waals surface area contributed by atoms with E-state index in [0.717, 1.165) is 29.7 Å². The van der Waals surface area contributed by atoms with Crippen molar-refractivity contribution >= 4 is 10.8 Å². The molecule has 0 aromatic heterocycles. The Labute approximate surface area is 118 Å². The van der Waals surface area contributed by atoms with E-state index >= 15 is 0 Å². The molecular weight excluding hydrogens is 258 g/mol. The molecule has 0 bridgehead atoms. The van der Waals surface area contributed by atoms with Gasteiger partial charge in [0.25, 0.3) is 0 Å². The van der Waals surface area contributed by atoms with Gasteiger partial charge in [0.05, 0.1) is 7.11 Å². The maximum Gasteiger partial charge on any atom is 0.123 e. The molecular formula is C15H23NO2S. The Kier molecular flexibility index (Phi) is 4.99. The highest BCUT2D eigenvalue weighted by molar-refractivity contribution is 7.85. The van der Waals surface area contributed by atoms with Crippen LogP contribution in [0.15, 0.2) is 18.2 Å². The van der Waals surface area contributed by atoms with Gasteiger partial charge in [0.15, 0.2) is 0 Å². The average Bonchev–Trinajstić information content (AvgIpc) is 2.92. The van der Waals surface area contributed by atoms with E-state index in [9.17, 15) is 4.21 Å². The molecule has 2 atom stereocenters. The molecule has 19 heavy (non-hydrogen) atoms. The van der Waals surface area contributed by atoms with Crippen molar-refractivity contribution in [2.75, 3.05) is 12.9 Å². The Morgan fingerprint density at radius 3 is 2.74 bits per heavy atom. The van der Waals surface area contributed by atoms with Crippen molar-refractivity contribution in [3.63, 3.8) is 0 Å². The fourth-order valence-electron chi connectivity index (χ4n) is 2.70. The number of methoxy groups -OCH3 is 1. The predicted molar refractivity (Wildman–Crippen MR) is 79.9 cm³/mol. The van der Waals surface area contributed by atoms with Crippen molar-refractivity contribution in [2.45, 2.75) is 43.9 Å². The van der Waals surface area contributed by atoms with Crippen molar-refractivity contribution in [3.05, 3.63) is 29.3 Å². The third-order valence-electron chi connectivity index (χ3n) is 3.80. The lowest BCUT2D eigenvalue weighted by molar-refractivity contribution is 0.407. The summed E-state index contributed by atoms with van der Waals surface area (Å²) in [6.07, 6.45) is 4.59. The van der Waals surface area contributed by atoms with E-state index in [2.05, 4.69) is 0 Å². The quantitative estimate of drug-likeness (QED) is 0.903. The number of hydrogen-bond acceptors (Lipinski definition) is 3. The van der Waals surface area contributed by atoms with E-state index in [-0.39, 0.29) is 6.04 Å². The first-order chi connectivity index (χ1) is 9.11. The van der Waals surface area contributed by atoms with Crippen molar-refractivity contribution in [1.82, 2.24) is 0 Å². The Hall–Kier alpha value is -0.870. The lowest BCUT2D eigenvalue weighted by Crippen LogP contribution is -2.24. The van der Waals surface area contributed by atoms with Crippen LogP contribution in [-0.2, 0) is 10.8 Å². The topological polar surface area (TPSA) is 52.3 Å². The van der Waals surface area contributed by atoms with E-state index in [1.165, 1.54) is 12.8 Å². The second-order valence-electron chi connectivity index (χ2n) is 5.31. The molecule has 3 nitrogen and oxygen atoms in total. The molecule has 0 aliphatic heterocycles. The molecule has 1 aromatic carbocycles. The highest BCUT2D eigenvalue weighted by atomic mass is 32.2. The molecule has 1 aromatic rings. The predicted octanol–water partition coefficient (Wildman–Crippen LogP) is 2.69. The first-order valence-electron chi connectivity index (χ1n) is 6.89. The fraction of sp³-hybridized carbons (Fsp3) is 0.600. The van der Waals surface area contributed by atoms with Gasteiger partial charge in [-0.25, -0.2) is 0 Å². The third-order valence-corrected chi connectivity index (χ3v) is 5.71. The van der Waals surface area contributed by atoms with Gasteiger partial charge < -0.3 is 10.5 Å². The molecule has 1 aliphatic rings. The first-order valence-corrected chi connectivity index (χ1v) is 8.27. The van der Waals surface area contributed by atoms with Crippen molar-refractivity contribution in [3.8, 4) is 5.75 Å². The van der Waals surface area contributed by atoms with Gasteiger partial charge in [0, 0.05) is 33.4 Å². The van der Waals surface area contributed by atoms with Crippen LogP contribution >= 0.6 is 0 Å². The zero-order valence-electron chi connectivity index (χ0n) is 11.7. The summed E-state index contributed by atoms with van der Waals surface area (Å²) in [5.74, 6) is 1.33. The van der Waals surface area contributed by atoms with Crippen molar-refractivity contribution in [1.29, 1.82) is 0 Å². The Bertz CT molecular complexity index is 455. The fourth-order valence-corrected chi connectivity index (χ4v) is 4.36. The lowest BCUT2D eigenvalue weighted by atomic mass is 10.1. The molecule has 2 N–H and O–H groups in total. The molecule has 2 rings (SSSR count). The van der Waals surface area contributed by atoms with Gasteiger partial charge in [-0.1, -0.05) is 30.5 Å². The van der Waals surface area contributed by atoms with Gasteiger partial charge in [-0.2, -0.15) is 0 Å². The molecule has 0 heterocycles. The molecule has 106 valence electrons. The summed E-state index contributed by atoms with van der Waals surface area (Å²) in [6, 6.07) is 5.76. The zero-order chi connectivity index (χ0) is 13.8. The minimum Gasteiger partial charge on any atom is -0.496 e. The average molecular weight is 281 g/mol. The van der Waals surface area contributed by atoms with E-state index < -0.39 is 10.8 Å². The molecule has 0 spiro atoms. The molecule has 1 fully saturated rings. The van der Waals surface area contributed by atoms with E-state index in [0.29, 0.717) is 11.0 Å². The number of hydrogen-bond donors (Lipinski definition) is 1. The number of aryl methyl sites for hydroxylation is 1. The second-order valence-corrected chi connectivity index (χ2v) is 7.07. The van der Waals surface area contributed by atoms with E-state index in [4.69, 9.17) is 10.5 Å². The maximum atomic E-state index is 12.3. The van der Waals surface area contributed by atoms with E-state index in [1.54, 1.807) is 7.11 Å². The largest absolute Gasteiger partial charge is 0.496 e. The minimum atomic E-state index is -0.823. The van der Waals surface area contributed by atoms with Crippen LogP contribution in [-0.4, -0.2) is 22.3 Å². The SMILES string of the molecule is COc1ccc(C)cc1C(N)CS(=O)C1CCCC1. The van der Waals surface area contributed by atoms with Gasteiger partial charge in [0.2, 0.25) is 0 Å². The van der Waals surface area contributed by atoms with Crippen LogP contribution in [0.3, 0.4) is 0 Å². The Morgan fingerprint density at radius 2 is 2.11 bits per heavy atom. The van der Waals surface area contributed by atoms with Crippen molar-refractivity contribution < 1.29 is 8.95 Å². The van der Waals surface area contributed by atoms with Crippen LogP contribution < -0.4 is 10.5 Å². The standard InChI is InChI=1S/C15H23NO2S/c1-11-7-8-15(18-2)13(9-11)14(16)10-19(17)12-5-3-4-6-12/h7-9,12,14H,3-6,10,16H2,1-2H3. The summed E-state index contributed by atoms with van der Waals surface area (Å²) in [7, 11) is 0.824. The minimum absolute atomic E-state index is 0.212. The van der Waals surface area contributed by atoms with Gasteiger partial charge >= 0.3 is 0 Å². The summed E-state index contributed by atoms with van der Waals surface area (Å²) in [6.45, 7) is 2.03. The Balaban J connectivity index is 2.08. The van der Waals surface area contributed by atoms with Gasteiger partial charge in [-0.15, -0.1) is 0 Å². The second kappa shape index (κ2) is 6.53. The van der Waals surface area contributed by atoms with Gasteiger partial charge in [-0.05, 0) is 25.8 Å². The molecule has 4 heteroatoms. The van der Waals surface area contributed by atoms with Crippen LogP contribution in [0.25, 0.3) is 0 Å². The molecule has 0 saturated heterocycles. The third kappa shape index (κ3) is 3.57. The highest BCUT2D eigenvalue weighted by Gasteiger charge is 2.24. The van der Waals surface area contributed by atoms with Crippen LogP contribution in [0, 0.1) is 6.92 Å². The van der Waals surface area contributed by atoms with Gasteiger partial charge in [-0.3, -0.25) is 4.21 Å². The summed E-state index contributed by atoms with van der Waals surface area (Å²) in [5, 5.41) is 0.349. The summed E-state index contributed by atoms with van der Waals surface area (Å²) >= 11 is 0. The summed E-state index contributed by atoms with van der Waals surface area (Å²) in [4.78, 5) is 0. The Morgan fingerprint density at radius 1 is 1.42 bits per heavy atom. The molecule has 1 aliphatic carbocycles. The molecule has 0 amide bonds. The lowest BCUT2D eigenvalue weighted by Gasteiger charge is -2.18. The van der Waals surface area contributed by atoms with E-state index in [1.807, 2.05) is 25.1 Å². The smallest absolute Gasteiger partial charge is 0.123 e. The van der Waals surface area contributed by atoms with Gasteiger partial charge in [0.1, 0.15) is 5.75 Å². The highest BCUT2D eigenvalue weighted by Crippen LogP contribution is 2.28. The normalized spacial score (nSPS) is 19.3. The maximum absolute atomic E-state index is 12.3. The number of ether oxygens (including phenoxy) is 1. The number of benzene rings is 1. The van der Waals surface area contributed by atoms with Crippen LogP contribution in [0.5, 0.6) is 5.75 Å². The molecule has 0 radical (unpaired) electrons. The number of rotatable bonds is 5. The van der Waals surface area contributed by atoms with Crippen LogP contribution in [0.2, 0.25) is 0 Å². The summed E-state index contributed by atoms with van der Waals surface area (Å²) in [5.41, 5.74) is 8.35. The van der Waals surface area contributed by atoms with Crippen LogP contribution in [0.4, 0.5) is 0 Å². The zero-order valence-corrected chi connectivity index (χ0v) is 12.5. The molecule has 2 unspecified atom stereocenters.